The molecule has 1 heterocycles. The van der Waals surface area contributed by atoms with Gasteiger partial charge in [0.15, 0.2) is 0 Å². The molecule has 7 aliphatic carbocycles. The molecule has 0 unspecified atom stereocenters. The molecule has 0 radical (unpaired) electrons. The highest BCUT2D eigenvalue weighted by Crippen LogP contribution is 2.71. The summed E-state index contributed by atoms with van der Waals surface area (Å²) in [6.07, 6.45) is 6.61. The summed E-state index contributed by atoms with van der Waals surface area (Å²) in [7, 11) is 0. The maximum absolute atomic E-state index is 7.54. The van der Waals surface area contributed by atoms with Crippen molar-refractivity contribution in [3.8, 4) is 33.4 Å². The van der Waals surface area contributed by atoms with E-state index in [0.29, 0.717) is 11.8 Å². The van der Waals surface area contributed by atoms with Crippen molar-refractivity contribution in [1.82, 2.24) is 0 Å². The molecule has 9 aromatic carbocycles. The molecule has 10 aromatic rings. The number of rotatable bonds is 6. The molecule has 17 rings (SSSR count). The number of benzene rings is 9. The van der Waals surface area contributed by atoms with Crippen molar-refractivity contribution >= 4 is 56.1 Å². The lowest BCUT2D eigenvalue weighted by atomic mass is 9.43. The van der Waals surface area contributed by atoms with Crippen molar-refractivity contribution in [3.05, 3.63) is 228 Å². The van der Waals surface area contributed by atoms with Gasteiger partial charge in [-0.1, -0.05) is 137 Å². The highest BCUT2D eigenvalue weighted by molar-refractivity contribution is 6.10. The van der Waals surface area contributed by atoms with Gasteiger partial charge in [0.2, 0.25) is 0 Å². The zero-order chi connectivity index (χ0) is 48.5. The Morgan fingerprint density at radius 2 is 0.767 bits per heavy atom. The van der Waals surface area contributed by atoms with Crippen LogP contribution < -0.4 is 9.80 Å². The second-order valence-electron chi connectivity index (χ2n) is 23.7. The highest BCUT2D eigenvalue weighted by atomic mass is 16.3. The van der Waals surface area contributed by atoms with Crippen molar-refractivity contribution in [1.29, 1.82) is 0 Å². The highest BCUT2D eigenvalue weighted by Gasteiger charge is 2.62. The Morgan fingerprint density at radius 1 is 0.356 bits per heavy atom. The molecular formula is C70H58N2O. The van der Waals surface area contributed by atoms with E-state index in [0.717, 1.165) is 40.1 Å². The molecule has 1 spiro atoms. The minimum atomic E-state index is -0.126. The van der Waals surface area contributed by atoms with E-state index < -0.39 is 0 Å². The van der Waals surface area contributed by atoms with Gasteiger partial charge in [0.1, 0.15) is 11.2 Å². The largest absolute Gasteiger partial charge is 0.456 e. The Hall–Kier alpha value is -7.62. The first-order valence-corrected chi connectivity index (χ1v) is 27.0. The average Bonchev–Trinajstić information content (AvgIpc) is 4.09. The summed E-state index contributed by atoms with van der Waals surface area (Å²) < 4.78 is 7.54. The summed E-state index contributed by atoms with van der Waals surface area (Å²) >= 11 is 0. The van der Waals surface area contributed by atoms with E-state index in [9.17, 15) is 0 Å². The molecule has 4 saturated carbocycles. The number of nitrogens with zero attached hydrogens (tertiary/aromatic N) is 2. The predicted octanol–water partition coefficient (Wildman–Crippen LogP) is 18.9. The van der Waals surface area contributed by atoms with Gasteiger partial charge in [0.25, 0.3) is 0 Å². The van der Waals surface area contributed by atoms with Gasteiger partial charge in [-0.05, 0) is 196 Å². The van der Waals surface area contributed by atoms with E-state index in [-0.39, 0.29) is 16.2 Å². The third-order valence-electron chi connectivity index (χ3n) is 19.4. The van der Waals surface area contributed by atoms with Crippen molar-refractivity contribution in [2.45, 2.75) is 76.0 Å². The van der Waals surface area contributed by atoms with Crippen LogP contribution in [0.2, 0.25) is 0 Å². The molecule has 4 fully saturated rings. The predicted molar refractivity (Wildman–Crippen MR) is 301 cm³/mol. The second-order valence-corrected chi connectivity index (χ2v) is 23.7. The Labute approximate surface area is 428 Å². The number of fused-ring (bicyclic) bond motifs is 13. The first-order chi connectivity index (χ1) is 35.7. The summed E-state index contributed by atoms with van der Waals surface area (Å²) in [6, 6.07) is 73.5. The Balaban J connectivity index is 0.864. The zero-order valence-electron chi connectivity index (χ0n) is 42.1. The molecule has 73 heavy (non-hydrogen) atoms. The molecule has 3 heteroatoms. The molecule has 0 atom stereocenters. The van der Waals surface area contributed by atoms with Crippen molar-refractivity contribution in [2.24, 2.45) is 23.7 Å². The van der Waals surface area contributed by atoms with Crippen LogP contribution in [-0.2, 0) is 16.2 Å². The van der Waals surface area contributed by atoms with E-state index in [4.69, 9.17) is 4.42 Å². The number of anilines is 6. The summed E-state index contributed by atoms with van der Waals surface area (Å²) in [5.41, 5.74) is 25.4. The van der Waals surface area contributed by atoms with Crippen LogP contribution in [-0.4, -0.2) is 0 Å². The standard InChI is InChI=1S/C70H58N2O/c1-68(2)60-21-13-11-19-52(60)54-27-23-48(38-62(54)68)71(46-15-7-5-8-16-46)50-25-29-56-58-31-32-59-57-30-26-51(41-65(57)73-67(59)66(58)70(64(56)40-50)44-34-42-33-43(36-44)37-45(70)35-42)72(47-17-9-6-10-18-47)49-24-28-55-53-20-12-14-22-61(53)69(3,4)63(55)39-49/h5-32,38-45H,33-37H2,1-4H3. The first kappa shape index (κ1) is 41.9. The van der Waals surface area contributed by atoms with Crippen molar-refractivity contribution in [2.75, 3.05) is 9.80 Å². The Bertz CT molecular complexity index is 3920. The van der Waals surface area contributed by atoms with Crippen LogP contribution in [0.5, 0.6) is 0 Å². The van der Waals surface area contributed by atoms with Crippen LogP contribution in [0.25, 0.3) is 55.3 Å². The molecule has 3 nitrogen and oxygen atoms in total. The number of hydrogen-bond acceptors (Lipinski definition) is 3. The monoisotopic (exact) mass is 942 g/mol. The third-order valence-corrected chi connectivity index (χ3v) is 19.4. The van der Waals surface area contributed by atoms with E-state index in [2.05, 4.69) is 232 Å². The first-order valence-electron chi connectivity index (χ1n) is 27.0. The fourth-order valence-electron chi connectivity index (χ4n) is 16.5. The number of para-hydroxylation sites is 2. The van der Waals surface area contributed by atoms with Gasteiger partial charge in [-0.25, -0.2) is 0 Å². The molecule has 0 saturated heterocycles. The zero-order valence-corrected chi connectivity index (χ0v) is 42.1. The molecule has 0 amide bonds. The Kier molecular flexibility index (Phi) is 8.48. The Morgan fingerprint density at radius 3 is 1.30 bits per heavy atom. The number of hydrogen-bond donors (Lipinski definition) is 0. The van der Waals surface area contributed by atoms with Crippen molar-refractivity contribution < 1.29 is 4.42 Å². The second kappa shape index (κ2) is 14.8. The van der Waals surface area contributed by atoms with Crippen LogP contribution in [0.15, 0.2) is 199 Å². The van der Waals surface area contributed by atoms with Gasteiger partial charge in [-0.15, -0.1) is 0 Å². The fourth-order valence-corrected chi connectivity index (χ4v) is 16.5. The van der Waals surface area contributed by atoms with Crippen LogP contribution in [0, 0.1) is 23.7 Å². The summed E-state index contributed by atoms with van der Waals surface area (Å²) in [6.45, 7) is 9.53. The smallest absolute Gasteiger partial charge is 0.140 e. The summed E-state index contributed by atoms with van der Waals surface area (Å²) in [4.78, 5) is 4.95. The van der Waals surface area contributed by atoms with Gasteiger partial charge >= 0.3 is 0 Å². The van der Waals surface area contributed by atoms with E-state index in [1.54, 1.807) is 0 Å². The lowest BCUT2D eigenvalue weighted by Crippen LogP contribution is -2.55. The SMILES string of the molecule is CC1(C)c2ccccc2-c2ccc(N(c3ccccc3)c3ccc4c(c3)C3(c5c-4ccc4c5oc5cc(N(c6ccccc6)c6ccc7c(c6)C(C)(C)c6ccccc6-7)ccc54)C4CC5CC(C4)CC3C5)cc21. The van der Waals surface area contributed by atoms with Crippen LogP contribution >= 0.6 is 0 Å². The minimum Gasteiger partial charge on any atom is -0.456 e. The van der Waals surface area contributed by atoms with Crippen LogP contribution in [0.4, 0.5) is 34.1 Å². The van der Waals surface area contributed by atoms with Gasteiger partial charge < -0.3 is 14.2 Å². The minimum absolute atomic E-state index is 0.0983. The average molecular weight is 943 g/mol. The summed E-state index contributed by atoms with van der Waals surface area (Å²) in [5, 5.41) is 2.42. The van der Waals surface area contributed by atoms with Gasteiger partial charge in [0, 0.05) is 72.8 Å². The van der Waals surface area contributed by atoms with Gasteiger partial charge in [-0.2, -0.15) is 0 Å². The molecule has 0 N–H and O–H groups in total. The molecular weight excluding hydrogens is 885 g/mol. The quantitative estimate of drug-likeness (QED) is 0.166. The third kappa shape index (κ3) is 5.61. The lowest BCUT2D eigenvalue weighted by molar-refractivity contribution is -0.0396. The molecule has 7 aliphatic rings. The molecule has 0 aliphatic heterocycles. The molecule has 354 valence electrons. The molecule has 4 bridgehead atoms. The van der Waals surface area contributed by atoms with Crippen LogP contribution in [0.1, 0.15) is 93.2 Å². The number of furan rings is 1. The maximum Gasteiger partial charge on any atom is 0.140 e. The lowest BCUT2D eigenvalue weighted by Gasteiger charge is -2.61. The van der Waals surface area contributed by atoms with Crippen LogP contribution in [0.3, 0.4) is 0 Å². The topological polar surface area (TPSA) is 19.6 Å². The van der Waals surface area contributed by atoms with E-state index in [1.807, 2.05) is 0 Å². The maximum atomic E-state index is 7.54. The normalized spacial score (nSPS) is 22.5. The van der Waals surface area contributed by atoms with E-state index >= 15 is 0 Å². The van der Waals surface area contributed by atoms with E-state index in [1.165, 1.54) is 127 Å². The summed E-state index contributed by atoms with van der Waals surface area (Å²) in [5.74, 6) is 2.79. The van der Waals surface area contributed by atoms with Crippen molar-refractivity contribution in [3.63, 3.8) is 0 Å². The fraction of sp³-hybridized carbons (Fsp3) is 0.229. The van der Waals surface area contributed by atoms with Gasteiger partial charge in [-0.3, -0.25) is 0 Å². The molecule has 1 aromatic heterocycles. The van der Waals surface area contributed by atoms with Gasteiger partial charge in [0.05, 0.1) is 0 Å².